The smallest absolute Gasteiger partial charge is 0.306 e. The number of nitrogens with zero attached hydrogens (tertiary/aromatic N) is 1. The van der Waals surface area contributed by atoms with Crippen molar-refractivity contribution in [2.45, 2.75) is 90.6 Å². The fourth-order valence-corrected chi connectivity index (χ4v) is 8.60. The van der Waals surface area contributed by atoms with Crippen molar-refractivity contribution in [2.75, 3.05) is 13.2 Å². The molecule has 0 radical (unpaired) electrons. The quantitative estimate of drug-likeness (QED) is 0.441. The van der Waals surface area contributed by atoms with E-state index in [1.54, 1.807) is 0 Å². The Morgan fingerprint density at radius 2 is 1.78 bits per heavy atom. The number of nitrogens with one attached hydrogen (secondary N) is 1. The van der Waals surface area contributed by atoms with E-state index >= 15 is 0 Å². The molecule has 0 aliphatic heterocycles. The maximum atomic E-state index is 12.2. The van der Waals surface area contributed by atoms with Crippen molar-refractivity contribution in [2.24, 2.45) is 45.6 Å². The monoisotopic (exact) mass is 512 g/mol. The van der Waals surface area contributed by atoms with Crippen LogP contribution in [0.1, 0.15) is 85.0 Å². The molecule has 0 aromatic rings. The number of hydrogen-bond acceptors (Lipinski definition) is 5. The van der Waals surface area contributed by atoms with Crippen LogP contribution in [-0.4, -0.2) is 46.6 Å². The number of amides is 1. The number of carboxylic acids is 1. The first-order valence-electron chi connectivity index (χ1n) is 14.4. The van der Waals surface area contributed by atoms with E-state index in [2.05, 4.69) is 43.4 Å². The van der Waals surface area contributed by atoms with Gasteiger partial charge in [0.15, 0.2) is 6.61 Å². The van der Waals surface area contributed by atoms with Gasteiger partial charge in [-0.2, -0.15) is 0 Å². The minimum Gasteiger partial charge on any atom is -0.481 e. The Balaban J connectivity index is 1.13. The molecule has 204 valence electrons. The van der Waals surface area contributed by atoms with Gasteiger partial charge in [0, 0.05) is 12.0 Å². The molecule has 1 amide bonds. The van der Waals surface area contributed by atoms with E-state index in [4.69, 9.17) is 9.94 Å². The average Bonchev–Trinajstić information content (AvgIpc) is 3.11. The summed E-state index contributed by atoms with van der Waals surface area (Å²) < 4.78 is 0. The second-order valence-electron chi connectivity index (χ2n) is 13.1. The summed E-state index contributed by atoms with van der Waals surface area (Å²) in [7, 11) is 0. The van der Waals surface area contributed by atoms with Gasteiger partial charge in [-0.25, -0.2) is 0 Å². The highest BCUT2D eigenvalue weighted by Gasteiger charge is 2.61. The van der Waals surface area contributed by atoms with Gasteiger partial charge in [-0.15, -0.1) is 0 Å². The molecule has 0 aromatic carbocycles. The van der Waals surface area contributed by atoms with Crippen molar-refractivity contribution >= 4 is 17.6 Å². The highest BCUT2D eigenvalue weighted by molar-refractivity contribution is 6.05. The third kappa shape index (κ3) is 4.77. The number of allylic oxidation sites excluding steroid dienone is 4. The molecule has 5 rings (SSSR count). The molecular weight excluding hydrogens is 468 g/mol. The molecule has 0 saturated heterocycles. The van der Waals surface area contributed by atoms with Gasteiger partial charge in [0.25, 0.3) is 5.91 Å². The van der Waals surface area contributed by atoms with E-state index in [1.165, 1.54) is 12.0 Å². The molecule has 7 nitrogen and oxygen atoms in total. The molecule has 4 saturated carbocycles. The first kappa shape index (κ1) is 26.5. The van der Waals surface area contributed by atoms with Crippen LogP contribution in [0.5, 0.6) is 0 Å². The maximum absolute atomic E-state index is 12.2. The van der Waals surface area contributed by atoms with Gasteiger partial charge in [0.2, 0.25) is 0 Å². The predicted octanol–water partition coefficient (Wildman–Crippen LogP) is 4.86. The van der Waals surface area contributed by atoms with Crippen LogP contribution >= 0.6 is 0 Å². The van der Waals surface area contributed by atoms with Gasteiger partial charge in [-0.05, 0) is 112 Å². The highest BCUT2D eigenvalue weighted by Crippen LogP contribution is 2.66. The van der Waals surface area contributed by atoms with Crippen LogP contribution in [0.4, 0.5) is 0 Å². The van der Waals surface area contributed by atoms with Gasteiger partial charge in [0.1, 0.15) is 5.71 Å². The Labute approximate surface area is 220 Å². The Morgan fingerprint density at radius 1 is 1.05 bits per heavy atom. The summed E-state index contributed by atoms with van der Waals surface area (Å²) in [6.45, 7) is 7.20. The van der Waals surface area contributed by atoms with E-state index in [-0.39, 0.29) is 29.3 Å². The summed E-state index contributed by atoms with van der Waals surface area (Å²) in [5.74, 6) is 1.03. The lowest BCUT2D eigenvalue weighted by atomic mass is 9.47. The molecular formula is C30H44N2O5. The average molecular weight is 513 g/mol. The van der Waals surface area contributed by atoms with E-state index in [1.807, 2.05) is 6.08 Å². The maximum Gasteiger partial charge on any atom is 0.306 e. The number of oxime groups is 1. The van der Waals surface area contributed by atoms with Gasteiger partial charge < -0.3 is 20.4 Å². The van der Waals surface area contributed by atoms with Gasteiger partial charge in [0.05, 0.1) is 11.5 Å². The molecule has 6 atom stereocenters. The molecule has 0 spiro atoms. The van der Waals surface area contributed by atoms with Crippen LogP contribution in [0.2, 0.25) is 0 Å². The zero-order valence-corrected chi connectivity index (χ0v) is 22.7. The Morgan fingerprint density at radius 3 is 2.51 bits per heavy atom. The minimum absolute atomic E-state index is 0.0226. The predicted molar refractivity (Wildman–Crippen MR) is 142 cm³/mol. The van der Waals surface area contributed by atoms with Crippen LogP contribution in [0.25, 0.3) is 0 Å². The summed E-state index contributed by atoms with van der Waals surface area (Å²) >= 11 is 0. The van der Waals surface area contributed by atoms with Crippen LogP contribution in [0.3, 0.4) is 0 Å². The topological polar surface area (TPSA) is 108 Å². The van der Waals surface area contributed by atoms with Crippen molar-refractivity contribution in [3.63, 3.8) is 0 Å². The molecule has 5 aliphatic rings. The molecule has 37 heavy (non-hydrogen) atoms. The van der Waals surface area contributed by atoms with Crippen LogP contribution in [0.15, 0.2) is 29.0 Å². The van der Waals surface area contributed by atoms with E-state index in [0.717, 1.165) is 50.7 Å². The minimum atomic E-state index is -0.708. The van der Waals surface area contributed by atoms with Gasteiger partial charge in [-0.3, -0.25) is 9.59 Å². The Hall–Kier alpha value is -2.15. The number of carboxylic acid groups (broad SMARTS) is 1. The third-order valence-corrected chi connectivity index (χ3v) is 11.3. The molecule has 0 aromatic heterocycles. The van der Waals surface area contributed by atoms with Gasteiger partial charge >= 0.3 is 5.97 Å². The van der Waals surface area contributed by atoms with Crippen molar-refractivity contribution in [3.8, 4) is 0 Å². The zero-order chi connectivity index (χ0) is 26.4. The molecule has 0 unspecified atom stereocenters. The zero-order valence-electron chi connectivity index (χ0n) is 22.7. The second-order valence-corrected chi connectivity index (χ2v) is 13.1. The number of hydrogen-bond donors (Lipinski definition) is 3. The summed E-state index contributed by atoms with van der Waals surface area (Å²) in [4.78, 5) is 28.7. The lowest BCUT2D eigenvalue weighted by Crippen LogP contribution is -2.53. The van der Waals surface area contributed by atoms with E-state index in [0.29, 0.717) is 43.1 Å². The largest absolute Gasteiger partial charge is 0.481 e. The lowest BCUT2D eigenvalue weighted by Gasteiger charge is -2.58. The van der Waals surface area contributed by atoms with Crippen molar-refractivity contribution in [1.29, 1.82) is 0 Å². The summed E-state index contributed by atoms with van der Waals surface area (Å²) in [6, 6.07) is 0. The van der Waals surface area contributed by atoms with Gasteiger partial charge in [-0.1, -0.05) is 30.7 Å². The number of aliphatic hydroxyl groups is 1. The van der Waals surface area contributed by atoms with Crippen molar-refractivity contribution < 1.29 is 24.6 Å². The summed E-state index contributed by atoms with van der Waals surface area (Å²) in [5, 5.41) is 27.4. The summed E-state index contributed by atoms with van der Waals surface area (Å²) in [5.41, 5.74) is 1.67. The second kappa shape index (κ2) is 9.87. The molecule has 0 heterocycles. The Bertz CT molecular complexity index is 1010. The third-order valence-electron chi connectivity index (χ3n) is 11.3. The van der Waals surface area contributed by atoms with E-state index in [9.17, 15) is 14.7 Å². The van der Waals surface area contributed by atoms with Crippen molar-refractivity contribution in [3.05, 3.63) is 23.8 Å². The SMILES string of the molecule is C[C@]12C=CC(=NOCC(=O)NCC3CCC(C(=O)O)CC3)C=C1CC[C@@H]1[C@@H]2CC[C@@]2(C)[C@H]1CC[C@]2(C)O. The highest BCUT2D eigenvalue weighted by atomic mass is 16.6. The molecule has 0 bridgehead atoms. The molecule has 3 N–H and O–H groups in total. The number of rotatable bonds is 6. The molecule has 4 fully saturated rings. The normalized spacial score (nSPS) is 43.8. The number of aliphatic carboxylic acids is 1. The lowest BCUT2D eigenvalue weighted by molar-refractivity contribution is -0.143. The number of carbonyl (C=O) groups excluding carboxylic acids is 1. The standard InChI is InChI=1S/C30H44N2O5/c1-28-13-10-22(32-37-18-26(33)31-17-19-4-6-20(7-5-19)27(34)35)16-21(28)8-9-23-24(28)11-14-29(2)25(23)12-15-30(29,3)36/h10,13,16,19-20,23-25,36H,4-9,11-12,14-15,17-18H2,1-3H3,(H,31,33)(H,34,35)/t19?,20?,23-,24+,25+,28+,29+,30+/m1/s1. The Kier molecular flexibility index (Phi) is 7.05. The first-order chi connectivity index (χ1) is 17.5. The van der Waals surface area contributed by atoms with E-state index < -0.39 is 11.6 Å². The fraction of sp³-hybridized carbons (Fsp3) is 0.767. The number of carbonyl (C=O) groups is 2. The fourth-order valence-electron chi connectivity index (χ4n) is 8.60. The van der Waals surface area contributed by atoms with Crippen LogP contribution < -0.4 is 5.32 Å². The van der Waals surface area contributed by atoms with Crippen molar-refractivity contribution in [1.82, 2.24) is 5.32 Å². The van der Waals surface area contributed by atoms with Crippen LogP contribution in [-0.2, 0) is 14.4 Å². The number of fused-ring (bicyclic) bond motifs is 5. The summed E-state index contributed by atoms with van der Waals surface area (Å²) in [6.07, 6.45) is 16.0. The van der Waals surface area contributed by atoms with Crippen LogP contribution in [0, 0.1) is 40.4 Å². The first-order valence-corrected chi connectivity index (χ1v) is 14.4. The molecule has 5 aliphatic carbocycles. The molecule has 7 heteroatoms.